The zero-order valence-electron chi connectivity index (χ0n) is 16.7. The van der Waals surface area contributed by atoms with Crippen LogP contribution in [0.1, 0.15) is 30.9 Å². The SMILES string of the molecule is COC(=O)CNC(=O)C(C)(C)NC(=O)OCC1c2ccccc2-c2ccccc21. The zero-order chi connectivity index (χ0) is 21.0. The van der Waals surface area contributed by atoms with Crippen LogP contribution in [0.25, 0.3) is 11.1 Å². The van der Waals surface area contributed by atoms with Crippen molar-refractivity contribution >= 4 is 18.0 Å². The van der Waals surface area contributed by atoms with Gasteiger partial charge in [0.25, 0.3) is 0 Å². The Balaban J connectivity index is 1.62. The van der Waals surface area contributed by atoms with E-state index in [1.807, 2.05) is 36.4 Å². The fourth-order valence-corrected chi connectivity index (χ4v) is 3.39. The van der Waals surface area contributed by atoms with Crippen molar-refractivity contribution in [2.24, 2.45) is 0 Å². The number of ether oxygens (including phenoxy) is 2. The van der Waals surface area contributed by atoms with E-state index in [0.29, 0.717) is 0 Å². The predicted octanol–water partition coefficient (Wildman–Crippen LogP) is 2.59. The number of nitrogens with one attached hydrogen (secondary N) is 2. The summed E-state index contributed by atoms with van der Waals surface area (Å²) in [5.41, 5.74) is 3.24. The molecule has 29 heavy (non-hydrogen) atoms. The monoisotopic (exact) mass is 396 g/mol. The van der Waals surface area contributed by atoms with Crippen LogP contribution in [-0.4, -0.2) is 43.8 Å². The lowest BCUT2D eigenvalue weighted by molar-refractivity contribution is -0.141. The largest absolute Gasteiger partial charge is 0.468 e. The zero-order valence-corrected chi connectivity index (χ0v) is 16.7. The van der Waals surface area contributed by atoms with Gasteiger partial charge in [0.05, 0.1) is 7.11 Å². The van der Waals surface area contributed by atoms with Crippen LogP contribution < -0.4 is 10.6 Å². The number of esters is 1. The minimum absolute atomic E-state index is 0.0654. The summed E-state index contributed by atoms with van der Waals surface area (Å²) in [6.45, 7) is 2.94. The number of rotatable bonds is 6. The second-order valence-corrected chi connectivity index (χ2v) is 7.33. The van der Waals surface area contributed by atoms with Crippen LogP contribution in [0.2, 0.25) is 0 Å². The Bertz CT molecular complexity index is 893. The smallest absolute Gasteiger partial charge is 0.408 e. The van der Waals surface area contributed by atoms with Crippen molar-refractivity contribution in [1.29, 1.82) is 0 Å². The molecule has 2 N–H and O–H groups in total. The molecule has 7 nitrogen and oxygen atoms in total. The summed E-state index contributed by atoms with van der Waals surface area (Å²) in [6.07, 6.45) is -0.704. The standard InChI is InChI=1S/C22H24N2O5/c1-22(2,20(26)23-12-19(25)28-3)24-21(27)29-13-18-16-10-6-4-8-14(16)15-9-5-7-11-17(15)18/h4-11,18H,12-13H2,1-3H3,(H,23,26)(H,24,27). The van der Waals surface area contributed by atoms with Crippen LogP contribution in [0.5, 0.6) is 0 Å². The third-order valence-corrected chi connectivity index (χ3v) is 4.95. The van der Waals surface area contributed by atoms with Gasteiger partial charge >= 0.3 is 12.1 Å². The molecule has 0 fully saturated rings. The molecule has 0 spiro atoms. The Kier molecular flexibility index (Phi) is 5.87. The molecule has 0 saturated heterocycles. The molecule has 3 rings (SSSR count). The molecule has 0 radical (unpaired) electrons. The molecule has 1 aliphatic rings. The number of benzene rings is 2. The number of hydrogen-bond donors (Lipinski definition) is 2. The first-order chi connectivity index (χ1) is 13.8. The van der Waals surface area contributed by atoms with Gasteiger partial charge in [-0.2, -0.15) is 0 Å². The summed E-state index contributed by atoms with van der Waals surface area (Å²) in [6, 6.07) is 16.1. The van der Waals surface area contributed by atoms with Crippen molar-refractivity contribution < 1.29 is 23.9 Å². The molecule has 0 saturated carbocycles. The maximum Gasteiger partial charge on any atom is 0.408 e. The third-order valence-electron chi connectivity index (χ3n) is 4.95. The molecule has 0 aliphatic heterocycles. The van der Waals surface area contributed by atoms with Crippen molar-refractivity contribution in [2.45, 2.75) is 25.3 Å². The Labute approximate surface area is 169 Å². The van der Waals surface area contributed by atoms with E-state index < -0.39 is 23.5 Å². The van der Waals surface area contributed by atoms with Crippen LogP contribution in [0, 0.1) is 0 Å². The molecule has 7 heteroatoms. The van der Waals surface area contributed by atoms with E-state index in [1.54, 1.807) is 0 Å². The molecular weight excluding hydrogens is 372 g/mol. The summed E-state index contributed by atoms with van der Waals surface area (Å²) < 4.78 is 9.93. The van der Waals surface area contributed by atoms with E-state index in [9.17, 15) is 14.4 Å². The summed E-state index contributed by atoms with van der Waals surface area (Å²) in [4.78, 5) is 35.7. The average molecular weight is 396 g/mol. The molecule has 2 aromatic rings. The molecular formula is C22H24N2O5. The number of methoxy groups -OCH3 is 1. The first-order valence-corrected chi connectivity index (χ1v) is 9.31. The third kappa shape index (κ3) is 4.39. The molecule has 0 atom stereocenters. The van der Waals surface area contributed by atoms with E-state index in [1.165, 1.54) is 21.0 Å². The highest BCUT2D eigenvalue weighted by Crippen LogP contribution is 2.44. The van der Waals surface area contributed by atoms with Gasteiger partial charge < -0.3 is 20.1 Å². The summed E-state index contributed by atoms with van der Waals surface area (Å²) >= 11 is 0. The molecule has 2 amide bonds. The van der Waals surface area contributed by atoms with Crippen LogP contribution in [0.3, 0.4) is 0 Å². The van der Waals surface area contributed by atoms with Crippen molar-refractivity contribution in [3.8, 4) is 11.1 Å². The van der Waals surface area contributed by atoms with E-state index in [0.717, 1.165) is 22.3 Å². The Morgan fingerprint density at radius 2 is 1.52 bits per heavy atom. The van der Waals surface area contributed by atoms with Gasteiger partial charge in [-0.1, -0.05) is 48.5 Å². The Hall–Kier alpha value is -3.35. The molecule has 0 heterocycles. The van der Waals surface area contributed by atoms with Gasteiger partial charge in [0.15, 0.2) is 0 Å². The fraction of sp³-hybridized carbons (Fsp3) is 0.318. The maximum atomic E-state index is 12.3. The highest BCUT2D eigenvalue weighted by atomic mass is 16.5. The summed E-state index contributed by atoms with van der Waals surface area (Å²) in [5.74, 6) is -1.16. The number of carbonyl (C=O) groups is 3. The molecule has 152 valence electrons. The van der Waals surface area contributed by atoms with Gasteiger partial charge in [-0.25, -0.2) is 4.79 Å². The average Bonchev–Trinajstić information content (AvgIpc) is 3.03. The maximum absolute atomic E-state index is 12.3. The van der Waals surface area contributed by atoms with Crippen LogP contribution in [0.4, 0.5) is 4.79 Å². The number of alkyl carbamates (subject to hydrolysis) is 1. The molecule has 0 bridgehead atoms. The number of carbonyl (C=O) groups excluding carboxylic acids is 3. The minimum Gasteiger partial charge on any atom is -0.468 e. The van der Waals surface area contributed by atoms with Crippen molar-refractivity contribution in [1.82, 2.24) is 10.6 Å². The molecule has 1 aliphatic carbocycles. The first kappa shape index (κ1) is 20.4. The van der Waals surface area contributed by atoms with Crippen molar-refractivity contribution in [3.05, 3.63) is 59.7 Å². The molecule has 2 aromatic carbocycles. The highest BCUT2D eigenvalue weighted by Gasteiger charge is 2.32. The summed E-state index contributed by atoms with van der Waals surface area (Å²) in [5, 5.41) is 4.96. The second-order valence-electron chi connectivity index (χ2n) is 7.33. The predicted molar refractivity (Wildman–Crippen MR) is 107 cm³/mol. The van der Waals surface area contributed by atoms with Crippen LogP contribution >= 0.6 is 0 Å². The fourth-order valence-electron chi connectivity index (χ4n) is 3.39. The van der Waals surface area contributed by atoms with Crippen LogP contribution in [0.15, 0.2) is 48.5 Å². The van der Waals surface area contributed by atoms with Gasteiger partial charge in [-0.15, -0.1) is 0 Å². The van der Waals surface area contributed by atoms with Gasteiger partial charge in [-0.3, -0.25) is 9.59 Å². The lowest BCUT2D eigenvalue weighted by atomic mass is 9.98. The number of fused-ring (bicyclic) bond motifs is 3. The lowest BCUT2D eigenvalue weighted by Crippen LogP contribution is -2.55. The normalized spacial score (nSPS) is 12.5. The van der Waals surface area contributed by atoms with E-state index in [4.69, 9.17) is 4.74 Å². The van der Waals surface area contributed by atoms with Gasteiger partial charge in [0.2, 0.25) is 5.91 Å². The van der Waals surface area contributed by atoms with E-state index in [2.05, 4.69) is 27.5 Å². The van der Waals surface area contributed by atoms with Gasteiger partial charge in [-0.05, 0) is 36.1 Å². The number of amides is 2. The molecule has 0 unspecified atom stereocenters. The van der Waals surface area contributed by atoms with Crippen molar-refractivity contribution in [3.63, 3.8) is 0 Å². The lowest BCUT2D eigenvalue weighted by Gasteiger charge is -2.25. The Morgan fingerprint density at radius 3 is 2.07 bits per heavy atom. The number of hydrogen-bond acceptors (Lipinski definition) is 5. The minimum atomic E-state index is -1.25. The van der Waals surface area contributed by atoms with Crippen LogP contribution in [-0.2, 0) is 19.1 Å². The quantitative estimate of drug-likeness (QED) is 0.732. The molecule has 0 aromatic heterocycles. The van der Waals surface area contributed by atoms with Gasteiger partial charge in [0.1, 0.15) is 18.7 Å². The summed E-state index contributed by atoms with van der Waals surface area (Å²) in [7, 11) is 1.23. The van der Waals surface area contributed by atoms with Crippen molar-refractivity contribution in [2.75, 3.05) is 20.3 Å². The first-order valence-electron chi connectivity index (χ1n) is 9.31. The van der Waals surface area contributed by atoms with E-state index >= 15 is 0 Å². The topological polar surface area (TPSA) is 93.7 Å². The highest BCUT2D eigenvalue weighted by molar-refractivity contribution is 5.91. The van der Waals surface area contributed by atoms with E-state index in [-0.39, 0.29) is 19.1 Å². The Morgan fingerprint density at radius 1 is 0.966 bits per heavy atom. The van der Waals surface area contributed by atoms with Gasteiger partial charge in [0, 0.05) is 5.92 Å². The second kappa shape index (κ2) is 8.34.